The van der Waals surface area contributed by atoms with E-state index in [0.29, 0.717) is 0 Å². The fourth-order valence-electron chi connectivity index (χ4n) is 1.43. The van der Waals surface area contributed by atoms with Crippen molar-refractivity contribution in [3.05, 3.63) is 18.0 Å². The molecule has 0 saturated heterocycles. The highest BCUT2D eigenvalue weighted by molar-refractivity contribution is 5.76. The molecule has 0 bridgehead atoms. The molecule has 2 N–H and O–H groups in total. The summed E-state index contributed by atoms with van der Waals surface area (Å²) in [6.45, 7) is 2.80. The normalized spacial score (nSPS) is 12.2. The summed E-state index contributed by atoms with van der Waals surface area (Å²) in [7, 11) is 0. The van der Waals surface area contributed by atoms with Gasteiger partial charge in [0.1, 0.15) is 6.54 Å². The van der Waals surface area contributed by atoms with E-state index in [9.17, 15) is 22.8 Å². The average Bonchev–Trinajstić information content (AvgIpc) is 2.76. The van der Waals surface area contributed by atoms with Crippen LogP contribution in [0.4, 0.5) is 13.2 Å². The lowest BCUT2D eigenvalue weighted by molar-refractivity contribution is -0.147. The minimum Gasteiger partial charge on any atom is -0.481 e. The SMILES string of the molecule is CC(C)(CCNC(=O)Cn1ccc(C(F)(F)F)n1)C(=O)O. The third-order valence-corrected chi connectivity index (χ3v) is 2.89. The van der Waals surface area contributed by atoms with Crippen LogP contribution in [0.5, 0.6) is 0 Å². The number of aliphatic carboxylic acids is 1. The van der Waals surface area contributed by atoms with Crippen molar-refractivity contribution in [2.24, 2.45) is 5.41 Å². The van der Waals surface area contributed by atoms with Crippen LogP contribution in [0.1, 0.15) is 26.0 Å². The molecule has 1 rings (SSSR count). The molecule has 0 aliphatic heterocycles. The Morgan fingerprint density at radius 2 is 2.00 bits per heavy atom. The van der Waals surface area contributed by atoms with E-state index in [1.165, 1.54) is 13.8 Å². The highest BCUT2D eigenvalue weighted by Crippen LogP contribution is 2.27. The van der Waals surface area contributed by atoms with Gasteiger partial charge in [-0.2, -0.15) is 18.3 Å². The van der Waals surface area contributed by atoms with E-state index in [1.807, 2.05) is 0 Å². The zero-order valence-electron chi connectivity index (χ0n) is 11.6. The third kappa shape index (κ3) is 5.09. The minimum atomic E-state index is -4.55. The van der Waals surface area contributed by atoms with Gasteiger partial charge in [0.25, 0.3) is 0 Å². The molecule has 0 fully saturated rings. The lowest BCUT2D eigenvalue weighted by Gasteiger charge is -2.18. The number of carboxylic acid groups (broad SMARTS) is 1. The van der Waals surface area contributed by atoms with Crippen molar-refractivity contribution in [3.8, 4) is 0 Å². The molecule has 1 aromatic heterocycles. The van der Waals surface area contributed by atoms with Gasteiger partial charge in [-0.25, -0.2) is 0 Å². The van der Waals surface area contributed by atoms with Crippen LogP contribution in [0.2, 0.25) is 0 Å². The van der Waals surface area contributed by atoms with E-state index < -0.39 is 29.2 Å². The van der Waals surface area contributed by atoms with Crippen LogP contribution in [0, 0.1) is 5.41 Å². The van der Waals surface area contributed by atoms with E-state index in [-0.39, 0.29) is 19.5 Å². The number of alkyl halides is 3. The molecule has 0 aliphatic rings. The molecule has 0 radical (unpaired) electrons. The number of hydrogen-bond acceptors (Lipinski definition) is 3. The van der Waals surface area contributed by atoms with Gasteiger partial charge in [-0.15, -0.1) is 0 Å². The molecule has 9 heteroatoms. The minimum absolute atomic E-state index is 0.117. The molecule has 0 aromatic carbocycles. The Labute approximate surface area is 118 Å². The van der Waals surface area contributed by atoms with E-state index in [0.717, 1.165) is 16.9 Å². The summed E-state index contributed by atoms with van der Waals surface area (Å²) in [6.07, 6.45) is -3.28. The Morgan fingerprint density at radius 1 is 1.38 bits per heavy atom. The maximum absolute atomic E-state index is 12.3. The van der Waals surface area contributed by atoms with Crippen molar-refractivity contribution in [3.63, 3.8) is 0 Å². The number of amides is 1. The second-order valence-electron chi connectivity index (χ2n) is 5.19. The fraction of sp³-hybridized carbons (Fsp3) is 0.583. The summed E-state index contributed by atoms with van der Waals surface area (Å²) in [6, 6.07) is 0.779. The number of hydrogen-bond donors (Lipinski definition) is 2. The summed E-state index contributed by atoms with van der Waals surface area (Å²) in [5.74, 6) is -1.52. The lowest BCUT2D eigenvalue weighted by atomic mass is 9.90. The van der Waals surface area contributed by atoms with Gasteiger partial charge >= 0.3 is 12.1 Å². The number of carboxylic acids is 1. The summed E-state index contributed by atoms with van der Waals surface area (Å²) in [5, 5.41) is 14.6. The largest absolute Gasteiger partial charge is 0.481 e. The van der Waals surface area contributed by atoms with Gasteiger partial charge in [0, 0.05) is 12.7 Å². The Balaban J connectivity index is 2.45. The second-order valence-corrected chi connectivity index (χ2v) is 5.19. The van der Waals surface area contributed by atoms with Crippen molar-refractivity contribution < 1.29 is 27.9 Å². The van der Waals surface area contributed by atoms with Gasteiger partial charge in [-0.3, -0.25) is 14.3 Å². The molecule has 6 nitrogen and oxygen atoms in total. The third-order valence-electron chi connectivity index (χ3n) is 2.89. The molecule has 21 heavy (non-hydrogen) atoms. The Bertz CT molecular complexity index is 523. The topological polar surface area (TPSA) is 84.2 Å². The van der Waals surface area contributed by atoms with Gasteiger partial charge in [0.05, 0.1) is 5.41 Å². The van der Waals surface area contributed by atoms with Crippen molar-refractivity contribution in [2.75, 3.05) is 6.54 Å². The van der Waals surface area contributed by atoms with Gasteiger partial charge < -0.3 is 10.4 Å². The van der Waals surface area contributed by atoms with Crippen LogP contribution >= 0.6 is 0 Å². The molecule has 1 aromatic rings. The fourth-order valence-corrected chi connectivity index (χ4v) is 1.43. The zero-order valence-corrected chi connectivity index (χ0v) is 11.6. The van der Waals surface area contributed by atoms with E-state index in [2.05, 4.69) is 10.4 Å². The molecular weight excluding hydrogens is 291 g/mol. The molecule has 0 saturated carbocycles. The van der Waals surface area contributed by atoms with Crippen LogP contribution in [0.3, 0.4) is 0 Å². The van der Waals surface area contributed by atoms with Crippen molar-refractivity contribution in [1.29, 1.82) is 0 Å². The summed E-state index contributed by atoms with van der Waals surface area (Å²) in [5.41, 5.74) is -2.05. The highest BCUT2D eigenvalue weighted by atomic mass is 19.4. The first-order valence-corrected chi connectivity index (χ1v) is 6.13. The summed E-state index contributed by atoms with van der Waals surface area (Å²) >= 11 is 0. The first-order valence-electron chi connectivity index (χ1n) is 6.13. The van der Waals surface area contributed by atoms with Crippen LogP contribution in [-0.2, 0) is 22.3 Å². The van der Waals surface area contributed by atoms with Crippen LogP contribution in [0.25, 0.3) is 0 Å². The van der Waals surface area contributed by atoms with Crippen molar-refractivity contribution in [1.82, 2.24) is 15.1 Å². The quantitative estimate of drug-likeness (QED) is 0.834. The maximum atomic E-state index is 12.3. The average molecular weight is 307 g/mol. The molecule has 0 spiro atoms. The molecule has 0 atom stereocenters. The van der Waals surface area contributed by atoms with Crippen molar-refractivity contribution >= 4 is 11.9 Å². The highest BCUT2D eigenvalue weighted by Gasteiger charge is 2.33. The summed E-state index contributed by atoms with van der Waals surface area (Å²) < 4.78 is 37.8. The predicted octanol–water partition coefficient (Wildman–Crippen LogP) is 1.52. The first-order chi connectivity index (χ1) is 9.52. The van der Waals surface area contributed by atoms with E-state index in [4.69, 9.17) is 5.11 Å². The van der Waals surface area contributed by atoms with Crippen LogP contribution in [0.15, 0.2) is 12.3 Å². The van der Waals surface area contributed by atoms with Gasteiger partial charge in [-0.05, 0) is 26.3 Å². The van der Waals surface area contributed by atoms with Crippen molar-refractivity contribution in [2.45, 2.75) is 33.0 Å². The molecular formula is C12H16F3N3O3. The van der Waals surface area contributed by atoms with E-state index >= 15 is 0 Å². The first kappa shape index (κ1) is 17.0. The lowest BCUT2D eigenvalue weighted by Crippen LogP contribution is -2.33. The molecule has 1 heterocycles. The number of halogens is 3. The molecule has 0 unspecified atom stereocenters. The van der Waals surface area contributed by atoms with Gasteiger partial charge in [0.2, 0.25) is 5.91 Å². The maximum Gasteiger partial charge on any atom is 0.435 e. The van der Waals surface area contributed by atoms with Gasteiger partial charge in [-0.1, -0.05) is 0 Å². The zero-order chi connectivity index (χ0) is 16.3. The van der Waals surface area contributed by atoms with Crippen LogP contribution < -0.4 is 5.32 Å². The number of carbonyl (C=O) groups is 2. The van der Waals surface area contributed by atoms with Crippen LogP contribution in [-0.4, -0.2) is 33.3 Å². The number of nitrogens with one attached hydrogen (secondary N) is 1. The number of aromatic nitrogens is 2. The van der Waals surface area contributed by atoms with Gasteiger partial charge in [0.15, 0.2) is 5.69 Å². The second kappa shape index (κ2) is 6.15. The number of rotatable bonds is 6. The molecule has 0 aliphatic carbocycles. The molecule has 118 valence electrons. The number of carbonyl (C=O) groups excluding carboxylic acids is 1. The Hall–Kier alpha value is -2.06. The standard InChI is InChI=1S/C12H16F3N3O3/c1-11(2,10(20)21)4-5-16-9(19)7-18-6-3-8(17-18)12(13,14)15/h3,6H,4-5,7H2,1-2H3,(H,16,19)(H,20,21). The monoisotopic (exact) mass is 307 g/mol. The smallest absolute Gasteiger partial charge is 0.435 e. The summed E-state index contributed by atoms with van der Waals surface area (Å²) in [4.78, 5) is 22.4. The Kier molecular flexibility index (Phi) is 4.97. The molecule has 1 amide bonds. The Morgan fingerprint density at radius 3 is 2.48 bits per heavy atom. The predicted molar refractivity (Wildman–Crippen MR) is 66.3 cm³/mol. The van der Waals surface area contributed by atoms with E-state index in [1.54, 1.807) is 0 Å². The number of nitrogens with zero attached hydrogens (tertiary/aromatic N) is 2.